The van der Waals surface area contributed by atoms with Gasteiger partial charge in [-0.05, 0) is 18.6 Å². The molecule has 0 spiro atoms. The van der Waals surface area contributed by atoms with Crippen LogP contribution >= 0.6 is 22.9 Å². The van der Waals surface area contributed by atoms with Crippen molar-refractivity contribution in [3.8, 4) is 0 Å². The average Bonchev–Trinajstić information content (AvgIpc) is 2.77. The maximum absolute atomic E-state index is 11.7. The van der Waals surface area contributed by atoms with Crippen LogP contribution in [0.1, 0.15) is 17.7 Å². The number of carbonyl (C=O) groups is 2. The molecule has 19 heavy (non-hydrogen) atoms. The van der Waals surface area contributed by atoms with Crippen LogP contribution in [-0.4, -0.2) is 36.7 Å². The van der Waals surface area contributed by atoms with Crippen molar-refractivity contribution in [2.75, 3.05) is 13.7 Å². The summed E-state index contributed by atoms with van der Waals surface area (Å²) < 4.78 is 5.49. The quantitative estimate of drug-likeness (QED) is 0.769. The molecule has 0 saturated carbocycles. The Kier molecular flexibility index (Phi) is 6.83. The molecular weight excluding hydrogens is 290 g/mol. The Morgan fingerprint density at radius 2 is 2.26 bits per heavy atom. The van der Waals surface area contributed by atoms with Gasteiger partial charge >= 0.3 is 5.97 Å². The third-order valence-electron chi connectivity index (χ3n) is 2.47. The predicted molar refractivity (Wildman–Crippen MR) is 73.7 cm³/mol. The van der Waals surface area contributed by atoms with Gasteiger partial charge in [-0.3, -0.25) is 4.79 Å². The number of aryl methyl sites for hydroxylation is 1. The number of amides is 1. The molecule has 2 N–H and O–H groups in total. The van der Waals surface area contributed by atoms with Crippen LogP contribution in [-0.2, 0) is 20.7 Å². The maximum atomic E-state index is 11.7. The van der Waals surface area contributed by atoms with E-state index in [1.54, 1.807) is 6.07 Å². The first-order chi connectivity index (χ1) is 9.02. The van der Waals surface area contributed by atoms with Crippen molar-refractivity contribution in [1.29, 1.82) is 0 Å². The molecule has 0 bridgehead atoms. The molecule has 1 heterocycles. The lowest BCUT2D eigenvalue weighted by atomic mass is 10.2. The van der Waals surface area contributed by atoms with Gasteiger partial charge in [0, 0.05) is 31.4 Å². The van der Waals surface area contributed by atoms with Crippen molar-refractivity contribution in [2.24, 2.45) is 0 Å². The van der Waals surface area contributed by atoms with Gasteiger partial charge in [-0.25, -0.2) is 4.79 Å². The Morgan fingerprint density at radius 1 is 1.53 bits per heavy atom. The van der Waals surface area contributed by atoms with Crippen LogP contribution in [0.4, 0.5) is 0 Å². The molecule has 0 fully saturated rings. The highest BCUT2D eigenvalue weighted by molar-refractivity contribution is 7.16. The number of methoxy groups -OCH3 is 1. The molecule has 0 saturated heterocycles. The highest BCUT2D eigenvalue weighted by atomic mass is 35.5. The van der Waals surface area contributed by atoms with Crippen molar-refractivity contribution < 1.29 is 19.4 Å². The van der Waals surface area contributed by atoms with Crippen molar-refractivity contribution in [2.45, 2.75) is 25.3 Å². The number of rotatable bonds is 8. The van der Waals surface area contributed by atoms with Crippen molar-refractivity contribution in [3.05, 3.63) is 21.3 Å². The fourth-order valence-corrected chi connectivity index (χ4v) is 2.57. The normalized spacial score (nSPS) is 12.1. The Hall–Kier alpha value is -1.11. The molecular formula is C12H16ClNO4S. The topological polar surface area (TPSA) is 75.6 Å². The summed E-state index contributed by atoms with van der Waals surface area (Å²) in [6, 6.07) is 2.73. The predicted octanol–water partition coefficient (Wildman–Crippen LogP) is 1.94. The van der Waals surface area contributed by atoms with Crippen LogP contribution < -0.4 is 5.32 Å². The first-order valence-corrected chi connectivity index (χ1v) is 6.97. The highest BCUT2D eigenvalue weighted by Crippen LogP contribution is 2.22. The van der Waals surface area contributed by atoms with Gasteiger partial charge < -0.3 is 15.2 Å². The van der Waals surface area contributed by atoms with Crippen LogP contribution in [0.15, 0.2) is 12.1 Å². The van der Waals surface area contributed by atoms with E-state index in [1.165, 1.54) is 18.4 Å². The van der Waals surface area contributed by atoms with Crippen LogP contribution in [0.2, 0.25) is 4.34 Å². The number of thiophene rings is 1. The SMILES string of the molecule is COCCC(NC(=O)CCc1ccc(Cl)s1)C(=O)O. The standard InChI is InChI=1S/C12H16ClNO4S/c1-18-7-6-9(12(16)17)14-11(15)5-3-8-2-4-10(13)19-8/h2,4,9H,3,5-7H2,1H3,(H,14,15)(H,16,17). The fourth-order valence-electron chi connectivity index (χ4n) is 1.48. The number of carbonyl (C=O) groups excluding carboxylic acids is 1. The van der Waals surface area contributed by atoms with Gasteiger partial charge in [0.1, 0.15) is 6.04 Å². The van der Waals surface area contributed by atoms with Crippen molar-refractivity contribution >= 4 is 34.8 Å². The Bertz CT molecular complexity index is 435. The second-order valence-corrected chi connectivity index (χ2v) is 5.75. The van der Waals surface area contributed by atoms with E-state index in [0.29, 0.717) is 10.8 Å². The summed E-state index contributed by atoms with van der Waals surface area (Å²) in [6.07, 6.45) is 1.05. The summed E-state index contributed by atoms with van der Waals surface area (Å²) in [5.74, 6) is -1.34. The summed E-state index contributed by atoms with van der Waals surface area (Å²) in [4.78, 5) is 23.6. The summed E-state index contributed by atoms with van der Waals surface area (Å²) in [5, 5.41) is 11.4. The van der Waals surface area contributed by atoms with Crippen molar-refractivity contribution in [3.63, 3.8) is 0 Å². The van der Waals surface area contributed by atoms with E-state index < -0.39 is 12.0 Å². The maximum Gasteiger partial charge on any atom is 0.326 e. The van der Waals surface area contributed by atoms with Gasteiger partial charge in [-0.2, -0.15) is 0 Å². The lowest BCUT2D eigenvalue weighted by Gasteiger charge is -2.13. The smallest absolute Gasteiger partial charge is 0.326 e. The number of ether oxygens (including phenoxy) is 1. The van der Waals surface area contributed by atoms with Gasteiger partial charge in [-0.1, -0.05) is 11.6 Å². The van der Waals surface area contributed by atoms with Gasteiger partial charge in [0.2, 0.25) is 5.91 Å². The third-order valence-corrected chi connectivity index (χ3v) is 3.76. The number of hydrogen-bond donors (Lipinski definition) is 2. The first-order valence-electron chi connectivity index (χ1n) is 5.78. The van der Waals surface area contributed by atoms with E-state index >= 15 is 0 Å². The average molecular weight is 306 g/mol. The van der Waals surface area contributed by atoms with Gasteiger partial charge in [0.15, 0.2) is 0 Å². The number of nitrogens with one attached hydrogen (secondary N) is 1. The van der Waals surface area contributed by atoms with E-state index in [-0.39, 0.29) is 25.4 Å². The van der Waals surface area contributed by atoms with Crippen molar-refractivity contribution in [1.82, 2.24) is 5.32 Å². The summed E-state index contributed by atoms with van der Waals surface area (Å²) in [6.45, 7) is 0.289. The number of carboxylic acid groups (broad SMARTS) is 1. The second-order valence-electron chi connectivity index (χ2n) is 3.95. The molecule has 106 valence electrons. The second kappa shape index (κ2) is 8.14. The number of carboxylic acids is 1. The molecule has 1 atom stereocenters. The summed E-state index contributed by atoms with van der Waals surface area (Å²) >= 11 is 7.20. The lowest BCUT2D eigenvalue weighted by Crippen LogP contribution is -2.41. The van der Waals surface area contributed by atoms with Gasteiger partial charge in [-0.15, -0.1) is 11.3 Å². The minimum Gasteiger partial charge on any atom is -0.480 e. The zero-order valence-electron chi connectivity index (χ0n) is 10.5. The molecule has 7 heteroatoms. The van der Waals surface area contributed by atoms with Crippen LogP contribution in [0, 0.1) is 0 Å². The summed E-state index contributed by atoms with van der Waals surface area (Å²) in [5.41, 5.74) is 0. The molecule has 0 aliphatic heterocycles. The minimum absolute atomic E-state index is 0.244. The zero-order valence-corrected chi connectivity index (χ0v) is 12.1. The Morgan fingerprint density at radius 3 is 2.79 bits per heavy atom. The molecule has 0 radical (unpaired) electrons. The highest BCUT2D eigenvalue weighted by Gasteiger charge is 2.19. The van der Waals surface area contributed by atoms with E-state index in [4.69, 9.17) is 21.4 Å². The molecule has 0 aromatic carbocycles. The van der Waals surface area contributed by atoms with E-state index in [9.17, 15) is 9.59 Å². The first kappa shape index (κ1) is 15.9. The largest absolute Gasteiger partial charge is 0.480 e. The van der Waals surface area contributed by atoms with Crippen LogP contribution in [0.3, 0.4) is 0 Å². The van der Waals surface area contributed by atoms with E-state index in [1.807, 2.05) is 6.07 Å². The molecule has 1 rings (SSSR count). The molecule has 1 unspecified atom stereocenters. The Labute approximate surface area is 120 Å². The number of hydrogen-bond acceptors (Lipinski definition) is 4. The monoisotopic (exact) mass is 305 g/mol. The Balaban J connectivity index is 2.37. The minimum atomic E-state index is -1.05. The zero-order chi connectivity index (χ0) is 14.3. The van der Waals surface area contributed by atoms with E-state index in [0.717, 1.165) is 4.88 Å². The lowest BCUT2D eigenvalue weighted by molar-refractivity contribution is -0.142. The number of aliphatic carboxylic acids is 1. The summed E-state index contributed by atoms with van der Waals surface area (Å²) in [7, 11) is 1.49. The van der Waals surface area contributed by atoms with Crippen LogP contribution in [0.25, 0.3) is 0 Å². The van der Waals surface area contributed by atoms with Gasteiger partial charge in [0.25, 0.3) is 0 Å². The molecule has 0 aliphatic carbocycles. The fraction of sp³-hybridized carbons (Fsp3) is 0.500. The molecule has 1 aromatic rings. The molecule has 5 nitrogen and oxygen atoms in total. The molecule has 0 aliphatic rings. The van der Waals surface area contributed by atoms with E-state index in [2.05, 4.69) is 5.32 Å². The number of halogens is 1. The molecule has 1 aromatic heterocycles. The van der Waals surface area contributed by atoms with Crippen LogP contribution in [0.5, 0.6) is 0 Å². The molecule has 1 amide bonds. The third kappa shape index (κ3) is 6.04. The van der Waals surface area contributed by atoms with Gasteiger partial charge in [0.05, 0.1) is 4.34 Å².